The molecule has 0 unspecified atom stereocenters. The summed E-state index contributed by atoms with van der Waals surface area (Å²) in [7, 11) is -2.14. The fourth-order valence-corrected chi connectivity index (χ4v) is 6.76. The molecule has 31 heavy (non-hydrogen) atoms. The summed E-state index contributed by atoms with van der Waals surface area (Å²) in [5, 5.41) is 2.53. The Balaban J connectivity index is 1.49. The molecule has 1 aliphatic rings. The number of hydrogen-bond acceptors (Lipinski definition) is 6. The smallest absolute Gasteiger partial charge is 0.185 e. The summed E-state index contributed by atoms with van der Waals surface area (Å²) in [6.07, 6.45) is 0.922. The predicted molar refractivity (Wildman–Crippen MR) is 123 cm³/mol. The van der Waals surface area contributed by atoms with Crippen LogP contribution in [-0.4, -0.2) is 38.9 Å². The predicted octanol–water partition coefficient (Wildman–Crippen LogP) is 5.71. The van der Waals surface area contributed by atoms with Crippen molar-refractivity contribution in [3.05, 3.63) is 57.6 Å². The van der Waals surface area contributed by atoms with E-state index in [4.69, 9.17) is 27.9 Å². The monoisotopic (exact) mass is 500 g/mol. The van der Waals surface area contributed by atoms with E-state index >= 15 is 0 Å². The molecule has 0 saturated carbocycles. The maximum Gasteiger partial charge on any atom is 0.185 e. The van der Waals surface area contributed by atoms with Crippen LogP contribution in [-0.2, 0) is 9.84 Å². The zero-order valence-corrected chi connectivity index (χ0v) is 19.7. The highest BCUT2D eigenvalue weighted by Gasteiger charge is 2.34. The molecule has 2 heterocycles. The van der Waals surface area contributed by atoms with Crippen molar-refractivity contribution in [2.24, 2.45) is 0 Å². The van der Waals surface area contributed by atoms with Crippen LogP contribution in [0, 0.1) is 5.82 Å². The van der Waals surface area contributed by atoms with Gasteiger partial charge in [0.05, 0.1) is 23.1 Å². The number of hydrogen-bond donors (Lipinski definition) is 0. The second-order valence-corrected chi connectivity index (χ2v) is 11.0. The highest BCUT2D eigenvalue weighted by atomic mass is 35.5. The Labute approximate surface area is 194 Å². The quantitative estimate of drug-likeness (QED) is 0.449. The van der Waals surface area contributed by atoms with Gasteiger partial charge in [0.15, 0.2) is 15.0 Å². The van der Waals surface area contributed by atoms with E-state index in [-0.39, 0.29) is 9.92 Å². The molecule has 164 valence electrons. The molecule has 0 radical (unpaired) electrons. The van der Waals surface area contributed by atoms with E-state index in [9.17, 15) is 12.8 Å². The summed E-state index contributed by atoms with van der Waals surface area (Å²) in [5.74, 6) is -0.192. The van der Waals surface area contributed by atoms with Crippen LogP contribution in [0.4, 0.5) is 9.52 Å². The van der Waals surface area contributed by atoms with E-state index in [1.165, 1.54) is 36.6 Å². The molecule has 0 aliphatic carbocycles. The van der Waals surface area contributed by atoms with Gasteiger partial charge in [-0.05, 0) is 43.2 Å². The van der Waals surface area contributed by atoms with Gasteiger partial charge in [-0.2, -0.15) is 0 Å². The second kappa shape index (κ2) is 8.94. The van der Waals surface area contributed by atoms with Crippen LogP contribution in [0.5, 0.6) is 5.75 Å². The number of rotatable bonds is 5. The summed E-state index contributed by atoms with van der Waals surface area (Å²) < 4.78 is 45.4. The van der Waals surface area contributed by atoms with Crippen molar-refractivity contribution < 1.29 is 17.5 Å². The second-order valence-electron chi connectivity index (χ2n) is 7.17. The van der Waals surface area contributed by atoms with E-state index in [0.717, 1.165) is 5.13 Å². The number of aromatic nitrogens is 1. The lowest BCUT2D eigenvalue weighted by atomic mass is 10.1. The molecule has 1 saturated heterocycles. The minimum Gasteiger partial charge on any atom is -0.495 e. The Morgan fingerprint density at radius 1 is 1.16 bits per heavy atom. The van der Waals surface area contributed by atoms with E-state index in [2.05, 4.69) is 9.88 Å². The molecule has 0 amide bonds. The van der Waals surface area contributed by atoms with Crippen LogP contribution in [0.1, 0.15) is 12.8 Å². The highest BCUT2D eigenvalue weighted by Crippen LogP contribution is 2.35. The lowest BCUT2D eigenvalue weighted by Crippen LogP contribution is -2.39. The molecule has 1 aromatic heterocycles. The molecule has 1 aliphatic heterocycles. The third-order valence-electron chi connectivity index (χ3n) is 5.29. The van der Waals surface area contributed by atoms with Crippen LogP contribution >= 0.6 is 34.5 Å². The van der Waals surface area contributed by atoms with Crippen molar-refractivity contribution in [3.8, 4) is 17.0 Å². The van der Waals surface area contributed by atoms with Gasteiger partial charge in [0.2, 0.25) is 0 Å². The number of benzene rings is 2. The summed E-state index contributed by atoms with van der Waals surface area (Å²) in [4.78, 5) is 6.79. The Kier molecular flexibility index (Phi) is 6.44. The minimum atomic E-state index is -3.59. The first-order valence-electron chi connectivity index (χ1n) is 9.53. The van der Waals surface area contributed by atoms with E-state index in [1.54, 1.807) is 18.2 Å². The fourth-order valence-electron chi connectivity index (χ4n) is 3.61. The van der Waals surface area contributed by atoms with Crippen molar-refractivity contribution in [2.45, 2.75) is 23.0 Å². The van der Waals surface area contributed by atoms with Gasteiger partial charge in [0.25, 0.3) is 0 Å². The molecule has 4 rings (SSSR count). The zero-order valence-electron chi connectivity index (χ0n) is 16.5. The summed E-state index contributed by atoms with van der Waals surface area (Å²) in [6, 6.07) is 9.21. The SMILES string of the molecule is COc1ccc(Cl)cc1S(=O)(=O)C1CCN(c2nc(-c3ccc(Cl)c(F)c3)cs2)CC1. The average Bonchev–Trinajstić information content (AvgIpc) is 3.26. The van der Waals surface area contributed by atoms with Gasteiger partial charge < -0.3 is 9.64 Å². The normalized spacial score (nSPS) is 15.3. The first-order valence-corrected chi connectivity index (χ1v) is 12.7. The molecule has 2 aromatic carbocycles. The van der Waals surface area contributed by atoms with E-state index in [0.29, 0.717) is 48.0 Å². The summed E-state index contributed by atoms with van der Waals surface area (Å²) >= 11 is 13.2. The Hall–Kier alpha value is -1.87. The number of anilines is 1. The van der Waals surface area contributed by atoms with Crippen LogP contribution in [0.15, 0.2) is 46.7 Å². The lowest BCUT2D eigenvalue weighted by Gasteiger charge is -2.31. The van der Waals surface area contributed by atoms with Crippen LogP contribution in [0.3, 0.4) is 0 Å². The van der Waals surface area contributed by atoms with E-state index < -0.39 is 20.9 Å². The van der Waals surface area contributed by atoms with Gasteiger partial charge in [0.1, 0.15) is 16.5 Å². The third-order valence-corrected chi connectivity index (χ3v) is 9.02. The summed E-state index contributed by atoms with van der Waals surface area (Å²) in [6.45, 7) is 1.10. The minimum absolute atomic E-state index is 0.0684. The zero-order chi connectivity index (χ0) is 22.2. The number of ether oxygens (including phenoxy) is 1. The van der Waals surface area contributed by atoms with Crippen molar-refractivity contribution in [2.75, 3.05) is 25.1 Å². The highest BCUT2D eigenvalue weighted by molar-refractivity contribution is 7.92. The number of piperidine rings is 1. The van der Waals surface area contributed by atoms with Crippen molar-refractivity contribution in [3.63, 3.8) is 0 Å². The molecule has 10 heteroatoms. The number of halogens is 3. The van der Waals surface area contributed by atoms with Crippen LogP contribution < -0.4 is 9.64 Å². The average molecular weight is 501 g/mol. The van der Waals surface area contributed by atoms with Gasteiger partial charge in [-0.25, -0.2) is 17.8 Å². The van der Waals surface area contributed by atoms with Crippen molar-refractivity contribution in [1.82, 2.24) is 4.98 Å². The van der Waals surface area contributed by atoms with Gasteiger partial charge in [-0.3, -0.25) is 0 Å². The number of methoxy groups -OCH3 is 1. The number of nitrogens with zero attached hydrogens (tertiary/aromatic N) is 2. The maximum atomic E-state index is 13.8. The Morgan fingerprint density at radius 3 is 2.58 bits per heavy atom. The Morgan fingerprint density at radius 2 is 1.90 bits per heavy atom. The van der Waals surface area contributed by atoms with Crippen LogP contribution in [0.2, 0.25) is 10.0 Å². The molecule has 0 spiro atoms. The molecule has 5 nitrogen and oxygen atoms in total. The Bertz CT molecular complexity index is 1210. The summed E-state index contributed by atoms with van der Waals surface area (Å²) in [5.41, 5.74) is 1.31. The topological polar surface area (TPSA) is 59.5 Å². The molecule has 0 atom stereocenters. The lowest BCUT2D eigenvalue weighted by molar-refractivity contribution is 0.402. The largest absolute Gasteiger partial charge is 0.495 e. The van der Waals surface area contributed by atoms with E-state index in [1.807, 2.05) is 5.38 Å². The van der Waals surface area contributed by atoms with Gasteiger partial charge in [0, 0.05) is 29.1 Å². The maximum absolute atomic E-state index is 13.8. The first kappa shape index (κ1) is 22.3. The molecule has 3 aromatic rings. The van der Waals surface area contributed by atoms with Crippen LogP contribution in [0.25, 0.3) is 11.3 Å². The van der Waals surface area contributed by atoms with Crippen molar-refractivity contribution in [1.29, 1.82) is 0 Å². The standard InChI is InChI=1S/C21H19Cl2FN2O3S2/c1-29-19-5-3-14(22)11-20(19)31(27,28)15-6-8-26(9-7-15)21-25-18(12-30-21)13-2-4-16(23)17(24)10-13/h2-5,10-12,15H,6-9H2,1H3. The molecule has 0 bridgehead atoms. The van der Waals surface area contributed by atoms with Crippen molar-refractivity contribution >= 4 is 49.5 Å². The van der Waals surface area contributed by atoms with Gasteiger partial charge in [-0.1, -0.05) is 29.3 Å². The molecule has 1 fully saturated rings. The number of sulfone groups is 1. The van der Waals surface area contributed by atoms with Gasteiger partial charge in [-0.15, -0.1) is 11.3 Å². The molecular weight excluding hydrogens is 482 g/mol. The molecule has 0 N–H and O–H groups in total. The van der Waals surface area contributed by atoms with Gasteiger partial charge >= 0.3 is 0 Å². The third kappa shape index (κ3) is 4.53. The molecular formula is C21H19Cl2FN2O3S2. The fraction of sp³-hybridized carbons (Fsp3) is 0.286. The first-order chi connectivity index (χ1) is 14.8. The number of thiazole rings is 1.